The minimum Gasteiger partial charge on any atom is -0.354 e. The predicted molar refractivity (Wildman–Crippen MR) is 114 cm³/mol. The summed E-state index contributed by atoms with van der Waals surface area (Å²) in [5, 5.41) is 16.8. The lowest BCUT2D eigenvalue weighted by Gasteiger charge is -2.19. The Labute approximate surface area is 179 Å². The molecule has 1 saturated heterocycles. The van der Waals surface area contributed by atoms with Crippen LogP contribution < -0.4 is 15.5 Å². The van der Waals surface area contributed by atoms with Crippen LogP contribution in [0.25, 0.3) is 0 Å². The molecule has 0 bridgehead atoms. The quantitative estimate of drug-likeness (QED) is 0.503. The zero-order valence-electron chi connectivity index (χ0n) is 16.7. The second-order valence-corrected chi connectivity index (χ2v) is 6.97. The first-order chi connectivity index (χ1) is 13.9. The van der Waals surface area contributed by atoms with E-state index in [2.05, 4.69) is 25.5 Å². The molecule has 3 rings (SSSR count). The molecule has 0 unspecified atom stereocenters. The average Bonchev–Trinajstić information content (AvgIpc) is 3.11. The summed E-state index contributed by atoms with van der Waals surface area (Å²) >= 11 is 0. The predicted octanol–water partition coefficient (Wildman–Crippen LogP) is 3.36. The molecule has 0 aliphatic carbocycles. The number of hydrogen-bond donors (Lipinski definition) is 2. The summed E-state index contributed by atoms with van der Waals surface area (Å²) in [5.41, 5.74) is 0.549. The normalized spacial score (nSPS) is 15.4. The van der Waals surface area contributed by atoms with Crippen LogP contribution in [0.1, 0.15) is 32.4 Å². The van der Waals surface area contributed by atoms with Crippen LogP contribution >= 0.6 is 12.4 Å². The fraction of sp³-hybridized carbons (Fsp3) is 0.421. The Bertz CT molecular complexity index is 929. The number of nitro groups is 1. The Morgan fingerprint density at radius 3 is 2.80 bits per heavy atom. The van der Waals surface area contributed by atoms with E-state index >= 15 is 0 Å². The molecule has 0 radical (unpaired) electrons. The molecule has 1 fully saturated rings. The third-order valence-corrected chi connectivity index (χ3v) is 4.59. The van der Waals surface area contributed by atoms with E-state index in [0.29, 0.717) is 12.2 Å². The van der Waals surface area contributed by atoms with Crippen molar-refractivity contribution in [3.63, 3.8) is 0 Å². The van der Waals surface area contributed by atoms with Crippen molar-refractivity contribution in [3.05, 3.63) is 45.9 Å². The fourth-order valence-corrected chi connectivity index (χ4v) is 3.32. The molecule has 1 aliphatic rings. The molecular weight excluding hydrogens is 415 g/mol. The number of anilines is 3. The molecule has 11 heteroatoms. The number of nitrogens with zero attached hydrogens (tertiary/aromatic N) is 4. The third kappa shape index (κ3) is 5.76. The number of amides is 1. The smallest absolute Gasteiger partial charge is 0.306 e. The summed E-state index contributed by atoms with van der Waals surface area (Å²) < 4.78 is 13.6. The van der Waals surface area contributed by atoms with Crippen LogP contribution in [0, 0.1) is 15.9 Å². The number of nitro benzene ring substituents is 1. The van der Waals surface area contributed by atoms with Gasteiger partial charge in [-0.25, -0.2) is 4.98 Å². The third-order valence-electron chi connectivity index (χ3n) is 4.59. The molecule has 0 spiro atoms. The lowest BCUT2D eigenvalue weighted by molar-refractivity contribution is -0.387. The van der Waals surface area contributed by atoms with E-state index in [9.17, 15) is 19.3 Å². The SMILES string of the molecule is CCCc1cc(N2CC[C@H](NC(C)=O)C2)nc(Nc2ccc(F)c([N+](=O)[O-])c2)n1.Cl. The Balaban J connectivity index is 0.00000320. The first-order valence-electron chi connectivity index (χ1n) is 9.46. The van der Waals surface area contributed by atoms with Gasteiger partial charge in [0.25, 0.3) is 0 Å². The molecular formula is C19H24ClFN6O3. The Morgan fingerprint density at radius 1 is 1.37 bits per heavy atom. The summed E-state index contributed by atoms with van der Waals surface area (Å²) in [6.07, 6.45) is 2.46. The van der Waals surface area contributed by atoms with Gasteiger partial charge >= 0.3 is 5.69 Å². The van der Waals surface area contributed by atoms with Crippen LogP contribution in [0.15, 0.2) is 24.3 Å². The van der Waals surface area contributed by atoms with Gasteiger partial charge in [0.1, 0.15) is 5.82 Å². The number of rotatable bonds is 7. The summed E-state index contributed by atoms with van der Waals surface area (Å²) in [6, 6.07) is 5.54. The first kappa shape index (κ1) is 23.3. The zero-order valence-corrected chi connectivity index (χ0v) is 17.5. The van der Waals surface area contributed by atoms with Crippen LogP contribution in [0.2, 0.25) is 0 Å². The first-order valence-corrected chi connectivity index (χ1v) is 9.46. The maximum Gasteiger partial charge on any atom is 0.306 e. The molecule has 1 amide bonds. The summed E-state index contributed by atoms with van der Waals surface area (Å²) in [5.74, 6) is 0.0414. The van der Waals surface area contributed by atoms with Crippen LogP contribution in [-0.2, 0) is 11.2 Å². The summed E-state index contributed by atoms with van der Waals surface area (Å²) in [6.45, 7) is 4.93. The van der Waals surface area contributed by atoms with Crippen molar-refractivity contribution >= 4 is 41.5 Å². The minimum atomic E-state index is -0.900. The van der Waals surface area contributed by atoms with Gasteiger partial charge in [-0.15, -0.1) is 12.4 Å². The van der Waals surface area contributed by atoms with Crippen molar-refractivity contribution in [1.82, 2.24) is 15.3 Å². The number of benzene rings is 1. The maximum atomic E-state index is 13.6. The van der Waals surface area contributed by atoms with E-state index in [-0.39, 0.29) is 30.3 Å². The fourth-order valence-electron chi connectivity index (χ4n) is 3.32. The highest BCUT2D eigenvalue weighted by atomic mass is 35.5. The second-order valence-electron chi connectivity index (χ2n) is 6.97. The monoisotopic (exact) mass is 438 g/mol. The van der Waals surface area contributed by atoms with Crippen molar-refractivity contribution in [2.75, 3.05) is 23.3 Å². The van der Waals surface area contributed by atoms with Crippen molar-refractivity contribution in [2.45, 2.75) is 39.2 Å². The lowest BCUT2D eigenvalue weighted by Crippen LogP contribution is -2.35. The van der Waals surface area contributed by atoms with Gasteiger partial charge in [-0.3, -0.25) is 14.9 Å². The highest BCUT2D eigenvalue weighted by molar-refractivity contribution is 5.85. The van der Waals surface area contributed by atoms with E-state index in [1.807, 2.05) is 13.0 Å². The van der Waals surface area contributed by atoms with Gasteiger partial charge in [0.15, 0.2) is 0 Å². The molecule has 162 valence electrons. The van der Waals surface area contributed by atoms with Crippen molar-refractivity contribution in [1.29, 1.82) is 0 Å². The largest absolute Gasteiger partial charge is 0.354 e. The number of carbonyl (C=O) groups is 1. The number of aromatic nitrogens is 2. The van der Waals surface area contributed by atoms with Crippen LogP contribution in [0.3, 0.4) is 0 Å². The molecule has 9 nitrogen and oxygen atoms in total. The van der Waals surface area contributed by atoms with Gasteiger partial charge in [0.2, 0.25) is 17.7 Å². The van der Waals surface area contributed by atoms with Gasteiger partial charge < -0.3 is 15.5 Å². The standard InChI is InChI=1S/C19H23FN6O3.ClH/c1-3-4-13-10-18(25-8-7-15(11-25)21-12(2)27)24-19(22-13)23-14-5-6-16(20)17(9-14)26(28)29;/h5-6,9-10,15H,3-4,7-8,11H2,1-2H3,(H,21,27)(H,22,23,24);1H/t15-;/m0./s1. The topological polar surface area (TPSA) is 113 Å². The maximum absolute atomic E-state index is 13.6. The molecule has 0 saturated carbocycles. The van der Waals surface area contributed by atoms with Crippen molar-refractivity contribution in [3.8, 4) is 0 Å². The van der Waals surface area contributed by atoms with Gasteiger partial charge in [-0.1, -0.05) is 13.3 Å². The van der Waals surface area contributed by atoms with Gasteiger partial charge in [0.05, 0.1) is 4.92 Å². The van der Waals surface area contributed by atoms with Gasteiger partial charge in [0, 0.05) is 49.6 Å². The van der Waals surface area contributed by atoms with Crippen molar-refractivity contribution < 1.29 is 14.1 Å². The van der Waals surface area contributed by atoms with Crippen LogP contribution in [0.4, 0.5) is 27.5 Å². The van der Waals surface area contributed by atoms with Crippen LogP contribution in [0.5, 0.6) is 0 Å². The average molecular weight is 439 g/mol. The Morgan fingerprint density at radius 2 is 2.13 bits per heavy atom. The van der Waals surface area contributed by atoms with Gasteiger partial charge in [-0.2, -0.15) is 9.37 Å². The molecule has 2 aromatic rings. The molecule has 1 aromatic heterocycles. The molecule has 1 aromatic carbocycles. The Hall–Kier alpha value is -3.01. The summed E-state index contributed by atoms with van der Waals surface area (Å²) in [7, 11) is 0. The van der Waals surface area contributed by atoms with E-state index in [1.165, 1.54) is 13.0 Å². The summed E-state index contributed by atoms with van der Waals surface area (Å²) in [4.78, 5) is 32.6. The number of aryl methyl sites for hydroxylation is 1. The number of nitrogens with one attached hydrogen (secondary N) is 2. The molecule has 2 heterocycles. The highest BCUT2D eigenvalue weighted by Crippen LogP contribution is 2.26. The molecule has 2 N–H and O–H groups in total. The van der Waals surface area contributed by atoms with Gasteiger partial charge in [-0.05, 0) is 25.0 Å². The Kier molecular flexibility index (Phi) is 7.87. The zero-order chi connectivity index (χ0) is 21.0. The molecule has 1 aliphatic heterocycles. The highest BCUT2D eigenvalue weighted by Gasteiger charge is 2.25. The molecule has 1 atom stereocenters. The van der Waals surface area contributed by atoms with Crippen molar-refractivity contribution in [2.24, 2.45) is 0 Å². The molecule has 30 heavy (non-hydrogen) atoms. The van der Waals surface area contributed by atoms with E-state index in [1.54, 1.807) is 0 Å². The number of halogens is 2. The number of carbonyl (C=O) groups excluding carboxylic acids is 1. The van der Waals surface area contributed by atoms with E-state index in [0.717, 1.165) is 49.5 Å². The second kappa shape index (κ2) is 10.1. The minimum absolute atomic E-state index is 0. The van der Waals surface area contributed by atoms with E-state index < -0.39 is 16.4 Å². The number of hydrogen-bond acceptors (Lipinski definition) is 7. The van der Waals surface area contributed by atoms with E-state index in [4.69, 9.17) is 0 Å². The van der Waals surface area contributed by atoms with Crippen LogP contribution in [-0.4, -0.2) is 39.9 Å². The lowest BCUT2D eigenvalue weighted by atomic mass is 10.2.